The Kier molecular flexibility index (Phi) is 13.5. The Morgan fingerprint density at radius 1 is 0.744 bits per heavy atom. The molecule has 2 aromatic carbocycles. The molecule has 0 saturated heterocycles. The van der Waals surface area contributed by atoms with Gasteiger partial charge in [-0.1, -0.05) is 133 Å². The Hall–Kier alpha value is -3.22. The zero-order chi connectivity index (χ0) is 27.7. The molecule has 7 nitrogen and oxygen atoms in total. The number of amides is 2. The molecule has 1 N–H and O–H groups in total. The average Bonchev–Trinajstić information content (AvgIpc) is 3.40. The van der Waals surface area contributed by atoms with Crippen LogP contribution >= 0.6 is 0 Å². The zero-order valence-corrected chi connectivity index (χ0v) is 24.4. The second-order valence-corrected chi connectivity index (χ2v) is 10.4. The summed E-state index contributed by atoms with van der Waals surface area (Å²) in [5.41, 5.74) is 3.92. The number of aryl methyl sites for hydroxylation is 3. The summed E-state index contributed by atoms with van der Waals surface area (Å²) in [5, 5.41) is 16.4. The second-order valence-electron chi connectivity index (χ2n) is 10.4. The van der Waals surface area contributed by atoms with E-state index >= 15 is 0 Å². The molecule has 0 bridgehead atoms. The van der Waals surface area contributed by atoms with Crippen LogP contribution < -0.4 is 10.2 Å². The molecule has 2 amide bonds. The van der Waals surface area contributed by atoms with Gasteiger partial charge in [0.2, 0.25) is 0 Å². The lowest BCUT2D eigenvalue weighted by molar-refractivity contribution is 0.258. The van der Waals surface area contributed by atoms with Gasteiger partial charge in [-0.25, -0.2) is 9.69 Å². The number of hydrogen-bond donors (Lipinski definition) is 1. The quantitative estimate of drug-likeness (QED) is 0.166. The van der Waals surface area contributed by atoms with Crippen molar-refractivity contribution in [1.29, 1.82) is 0 Å². The lowest BCUT2D eigenvalue weighted by atomic mass is 10.0. The fraction of sp³-hybridized carbons (Fsp3) is 0.562. The van der Waals surface area contributed by atoms with E-state index in [1.165, 1.54) is 56.3 Å². The molecule has 39 heavy (non-hydrogen) atoms. The van der Waals surface area contributed by atoms with Crippen molar-refractivity contribution in [1.82, 2.24) is 20.2 Å². The van der Waals surface area contributed by atoms with Crippen molar-refractivity contribution in [2.75, 3.05) is 10.2 Å². The van der Waals surface area contributed by atoms with Gasteiger partial charge in [0.05, 0.1) is 12.2 Å². The minimum Gasteiger partial charge on any atom is -0.307 e. The molecule has 0 radical (unpaired) electrons. The number of carbonyl (C=O) groups excluding carboxylic acids is 1. The molecule has 0 spiro atoms. The predicted octanol–water partition coefficient (Wildman–Crippen LogP) is 8.87. The molecule has 0 aliphatic carbocycles. The maximum absolute atomic E-state index is 13.8. The van der Waals surface area contributed by atoms with Crippen molar-refractivity contribution in [3.05, 3.63) is 59.7 Å². The van der Waals surface area contributed by atoms with E-state index in [0.29, 0.717) is 12.2 Å². The molecule has 0 saturated carbocycles. The third kappa shape index (κ3) is 9.79. The molecule has 1 aromatic heterocycles. The van der Waals surface area contributed by atoms with Crippen molar-refractivity contribution in [3.63, 3.8) is 0 Å². The molecular formula is C32H48N6O. The Labute approximate surface area is 235 Å². The van der Waals surface area contributed by atoms with Crippen LogP contribution in [-0.2, 0) is 19.4 Å². The molecule has 0 unspecified atom stereocenters. The maximum Gasteiger partial charge on any atom is 0.333 e. The number of benzene rings is 2. The first-order chi connectivity index (χ1) is 19.2. The molecule has 0 aliphatic rings. The predicted molar refractivity (Wildman–Crippen MR) is 162 cm³/mol. The second kappa shape index (κ2) is 17.4. The van der Waals surface area contributed by atoms with Crippen LogP contribution in [0.3, 0.4) is 0 Å². The van der Waals surface area contributed by atoms with Gasteiger partial charge in [-0.05, 0) is 47.7 Å². The average molecular weight is 533 g/mol. The highest BCUT2D eigenvalue weighted by molar-refractivity contribution is 6.06. The van der Waals surface area contributed by atoms with Crippen molar-refractivity contribution < 1.29 is 4.79 Å². The van der Waals surface area contributed by atoms with E-state index in [9.17, 15) is 4.79 Å². The number of aromatic nitrogens is 4. The van der Waals surface area contributed by atoms with Gasteiger partial charge in [-0.15, -0.1) is 5.10 Å². The van der Waals surface area contributed by atoms with Gasteiger partial charge in [0.25, 0.3) is 5.95 Å². The Bertz CT molecular complexity index is 1070. The van der Waals surface area contributed by atoms with Gasteiger partial charge in [0.15, 0.2) is 0 Å². The number of tetrazole rings is 1. The van der Waals surface area contributed by atoms with Gasteiger partial charge >= 0.3 is 6.03 Å². The number of rotatable bonds is 18. The van der Waals surface area contributed by atoms with Gasteiger partial charge in [-0.3, -0.25) is 0 Å². The molecule has 7 heteroatoms. The highest BCUT2D eigenvalue weighted by Gasteiger charge is 2.24. The highest BCUT2D eigenvalue weighted by atomic mass is 16.2. The van der Waals surface area contributed by atoms with Crippen LogP contribution in [0.5, 0.6) is 0 Å². The molecular weight excluding hydrogens is 484 g/mol. The first kappa shape index (κ1) is 30.3. The van der Waals surface area contributed by atoms with E-state index in [2.05, 4.69) is 59.7 Å². The Balaban J connectivity index is 1.64. The topological polar surface area (TPSA) is 75.9 Å². The lowest BCUT2D eigenvalue weighted by Crippen LogP contribution is -2.32. The van der Waals surface area contributed by atoms with E-state index in [4.69, 9.17) is 0 Å². The SMILES string of the molecule is CCCCCCCCCCCCn1nnc(N(C(=O)Nc2c(CCC)cccc2CCC)c2ccccc2)n1. The first-order valence-corrected chi connectivity index (χ1v) is 15.2. The first-order valence-electron chi connectivity index (χ1n) is 15.2. The molecule has 0 atom stereocenters. The van der Waals surface area contributed by atoms with Crippen LogP contribution in [0.25, 0.3) is 0 Å². The van der Waals surface area contributed by atoms with Crippen LogP contribution in [0.4, 0.5) is 22.1 Å². The molecule has 3 aromatic rings. The van der Waals surface area contributed by atoms with Crippen molar-refractivity contribution in [2.24, 2.45) is 0 Å². The molecule has 1 heterocycles. The zero-order valence-electron chi connectivity index (χ0n) is 24.4. The highest BCUT2D eigenvalue weighted by Crippen LogP contribution is 2.27. The number of hydrogen-bond acceptors (Lipinski definition) is 4. The molecule has 0 aliphatic heterocycles. The van der Waals surface area contributed by atoms with Crippen LogP contribution in [0.1, 0.15) is 109 Å². The number of urea groups is 1. The van der Waals surface area contributed by atoms with Crippen LogP contribution in [-0.4, -0.2) is 26.2 Å². The van der Waals surface area contributed by atoms with Gasteiger partial charge in [0, 0.05) is 5.69 Å². The summed E-state index contributed by atoms with van der Waals surface area (Å²) in [6.07, 6.45) is 16.6. The summed E-state index contributed by atoms with van der Waals surface area (Å²) in [5.74, 6) is 0.288. The fourth-order valence-corrected chi connectivity index (χ4v) is 4.99. The number of carbonyl (C=O) groups is 1. The standard InChI is InChI=1S/C32H48N6O/c1-4-7-8-9-10-11-12-13-14-18-26-37-35-31(34-36-37)38(29-24-16-15-17-25-29)32(39)33-30-27(20-5-2)22-19-23-28(30)21-6-3/h15-17,19,22-25H,4-14,18,20-21,26H2,1-3H3,(H,33,39). The Morgan fingerprint density at radius 2 is 1.33 bits per heavy atom. The minimum absolute atomic E-state index is 0.277. The van der Waals surface area contributed by atoms with Crippen LogP contribution in [0, 0.1) is 0 Å². The van der Waals surface area contributed by atoms with Gasteiger partial charge in [-0.2, -0.15) is 4.80 Å². The monoisotopic (exact) mass is 532 g/mol. The van der Waals surface area contributed by atoms with Crippen LogP contribution in [0.15, 0.2) is 48.5 Å². The molecule has 3 rings (SSSR count). The summed E-state index contributed by atoms with van der Waals surface area (Å²) in [4.78, 5) is 16.9. The third-order valence-corrected chi connectivity index (χ3v) is 7.08. The number of nitrogens with zero attached hydrogens (tertiary/aromatic N) is 5. The van der Waals surface area contributed by atoms with E-state index in [-0.39, 0.29) is 12.0 Å². The molecule has 212 valence electrons. The summed E-state index contributed by atoms with van der Waals surface area (Å²) >= 11 is 0. The fourth-order valence-electron chi connectivity index (χ4n) is 4.99. The van der Waals surface area contributed by atoms with Gasteiger partial charge < -0.3 is 5.32 Å². The number of para-hydroxylation sites is 2. The molecule has 0 fully saturated rings. The minimum atomic E-state index is -0.277. The van der Waals surface area contributed by atoms with Crippen molar-refractivity contribution in [2.45, 2.75) is 117 Å². The van der Waals surface area contributed by atoms with Crippen molar-refractivity contribution in [3.8, 4) is 0 Å². The summed E-state index contributed by atoms with van der Waals surface area (Å²) in [6.45, 7) is 7.28. The van der Waals surface area contributed by atoms with E-state index < -0.39 is 0 Å². The van der Waals surface area contributed by atoms with E-state index in [1.807, 2.05) is 30.3 Å². The summed E-state index contributed by atoms with van der Waals surface area (Å²) in [7, 11) is 0. The Morgan fingerprint density at radius 3 is 1.92 bits per heavy atom. The summed E-state index contributed by atoms with van der Waals surface area (Å²) < 4.78 is 0. The number of unbranched alkanes of at least 4 members (excludes halogenated alkanes) is 9. The van der Waals surface area contributed by atoms with E-state index in [0.717, 1.165) is 55.3 Å². The normalized spacial score (nSPS) is 11.1. The van der Waals surface area contributed by atoms with Crippen LogP contribution in [0.2, 0.25) is 0 Å². The third-order valence-electron chi connectivity index (χ3n) is 7.08. The number of anilines is 3. The smallest absolute Gasteiger partial charge is 0.307 e. The van der Waals surface area contributed by atoms with E-state index in [1.54, 1.807) is 4.80 Å². The summed E-state index contributed by atoms with van der Waals surface area (Å²) in [6, 6.07) is 15.6. The van der Waals surface area contributed by atoms with Crippen molar-refractivity contribution >= 4 is 23.4 Å². The van der Waals surface area contributed by atoms with Gasteiger partial charge in [0.1, 0.15) is 0 Å². The lowest BCUT2D eigenvalue weighted by Gasteiger charge is -2.22. The maximum atomic E-state index is 13.8. The number of nitrogens with one attached hydrogen (secondary N) is 1. The largest absolute Gasteiger partial charge is 0.333 e.